The number of hydrogen-bond donors (Lipinski definition) is 0. The lowest BCUT2D eigenvalue weighted by Crippen LogP contribution is -2.44. The van der Waals surface area contributed by atoms with Crippen LogP contribution in [0.2, 0.25) is 0 Å². The van der Waals surface area contributed by atoms with Crippen LogP contribution in [0.5, 0.6) is 0 Å². The second-order valence-corrected chi connectivity index (χ2v) is 3.28. The molecular formula is C8H12FN3O. The van der Waals surface area contributed by atoms with E-state index in [-0.39, 0.29) is 0 Å². The Labute approximate surface area is 75.9 Å². The largest absolute Gasteiger partial charge is 0.363 e. The van der Waals surface area contributed by atoms with Gasteiger partial charge in [0.05, 0.1) is 0 Å². The van der Waals surface area contributed by atoms with Gasteiger partial charge in [-0.25, -0.2) is 0 Å². The molecule has 0 atom stereocenters. The van der Waals surface area contributed by atoms with Crippen molar-refractivity contribution in [2.75, 3.05) is 38.1 Å². The summed E-state index contributed by atoms with van der Waals surface area (Å²) >= 11 is 0. The van der Waals surface area contributed by atoms with Crippen LogP contribution < -0.4 is 4.90 Å². The third-order valence-electron chi connectivity index (χ3n) is 2.35. The summed E-state index contributed by atoms with van der Waals surface area (Å²) in [5, 5.41) is 3.21. The summed E-state index contributed by atoms with van der Waals surface area (Å²) in [5.74, 6) is -0.510. The first-order valence-electron chi connectivity index (χ1n) is 4.31. The van der Waals surface area contributed by atoms with Crippen LogP contribution in [0.1, 0.15) is 0 Å². The lowest BCUT2D eigenvalue weighted by molar-refractivity contribution is 0.311. The standard InChI is InChI=1S/C8H12FN3O/c1-11-2-4-12(5-3-11)7-6-13-10-8(7)9/h6H,2-5H2,1H3. The van der Waals surface area contributed by atoms with Gasteiger partial charge in [-0.1, -0.05) is 0 Å². The van der Waals surface area contributed by atoms with Gasteiger partial charge in [-0.05, 0) is 12.2 Å². The van der Waals surface area contributed by atoms with Crippen LogP contribution in [-0.2, 0) is 0 Å². The minimum Gasteiger partial charge on any atom is -0.363 e. The van der Waals surface area contributed by atoms with Crippen molar-refractivity contribution in [2.24, 2.45) is 0 Å². The summed E-state index contributed by atoms with van der Waals surface area (Å²) in [6, 6.07) is 0. The van der Waals surface area contributed by atoms with Crippen LogP contribution in [0, 0.1) is 5.95 Å². The van der Waals surface area contributed by atoms with Gasteiger partial charge in [0.15, 0.2) is 0 Å². The highest BCUT2D eigenvalue weighted by atomic mass is 19.1. The maximum atomic E-state index is 13.0. The van der Waals surface area contributed by atoms with Crippen molar-refractivity contribution in [2.45, 2.75) is 0 Å². The van der Waals surface area contributed by atoms with Gasteiger partial charge in [0.2, 0.25) is 0 Å². The van der Waals surface area contributed by atoms with E-state index in [0.29, 0.717) is 5.69 Å². The Hall–Kier alpha value is -1.10. The first-order valence-corrected chi connectivity index (χ1v) is 4.31. The molecule has 72 valence electrons. The van der Waals surface area contributed by atoms with Gasteiger partial charge in [-0.15, -0.1) is 0 Å². The normalized spacial score (nSPS) is 19.4. The van der Waals surface area contributed by atoms with Crippen molar-refractivity contribution in [3.8, 4) is 0 Å². The van der Waals surface area contributed by atoms with Crippen molar-refractivity contribution >= 4 is 5.69 Å². The zero-order valence-electron chi connectivity index (χ0n) is 7.53. The van der Waals surface area contributed by atoms with Crippen LogP contribution in [0.3, 0.4) is 0 Å². The fraction of sp³-hybridized carbons (Fsp3) is 0.625. The molecule has 0 aromatic carbocycles. The minimum absolute atomic E-state index is 0.480. The number of anilines is 1. The van der Waals surface area contributed by atoms with E-state index in [1.54, 1.807) is 0 Å². The fourth-order valence-corrected chi connectivity index (χ4v) is 1.47. The summed E-state index contributed by atoms with van der Waals surface area (Å²) in [4.78, 5) is 4.16. The average Bonchev–Trinajstić information content (AvgIpc) is 2.53. The topological polar surface area (TPSA) is 32.5 Å². The molecule has 5 heteroatoms. The predicted octanol–water partition coefficient (Wildman–Crippen LogP) is 0.566. The Morgan fingerprint density at radius 1 is 1.38 bits per heavy atom. The van der Waals surface area contributed by atoms with Crippen LogP contribution in [-0.4, -0.2) is 43.3 Å². The van der Waals surface area contributed by atoms with Crippen molar-refractivity contribution in [3.63, 3.8) is 0 Å². The first-order chi connectivity index (χ1) is 6.27. The number of hydrogen-bond acceptors (Lipinski definition) is 4. The van der Waals surface area contributed by atoms with Gasteiger partial charge >= 0.3 is 0 Å². The molecule has 0 amide bonds. The zero-order chi connectivity index (χ0) is 9.26. The van der Waals surface area contributed by atoms with Crippen LogP contribution >= 0.6 is 0 Å². The summed E-state index contributed by atoms with van der Waals surface area (Å²) in [6.07, 6.45) is 1.36. The lowest BCUT2D eigenvalue weighted by Gasteiger charge is -2.32. The fourth-order valence-electron chi connectivity index (χ4n) is 1.47. The molecule has 1 aliphatic rings. The third-order valence-corrected chi connectivity index (χ3v) is 2.35. The quantitative estimate of drug-likeness (QED) is 0.640. The molecular weight excluding hydrogens is 173 g/mol. The summed E-state index contributed by atoms with van der Waals surface area (Å²) < 4.78 is 17.5. The lowest BCUT2D eigenvalue weighted by atomic mass is 10.3. The van der Waals surface area contributed by atoms with E-state index in [4.69, 9.17) is 0 Å². The molecule has 0 bridgehead atoms. The van der Waals surface area contributed by atoms with Crippen LogP contribution in [0.4, 0.5) is 10.1 Å². The smallest absolute Gasteiger partial charge is 0.276 e. The van der Waals surface area contributed by atoms with E-state index in [1.807, 2.05) is 4.90 Å². The Morgan fingerprint density at radius 2 is 2.08 bits per heavy atom. The monoisotopic (exact) mass is 185 g/mol. The maximum absolute atomic E-state index is 13.0. The molecule has 0 unspecified atom stereocenters. The second-order valence-electron chi connectivity index (χ2n) is 3.28. The molecule has 2 rings (SSSR count). The molecule has 0 N–H and O–H groups in total. The Morgan fingerprint density at radius 3 is 2.62 bits per heavy atom. The highest BCUT2D eigenvalue weighted by Crippen LogP contribution is 2.18. The summed E-state index contributed by atoms with van der Waals surface area (Å²) in [7, 11) is 2.06. The highest BCUT2D eigenvalue weighted by Gasteiger charge is 2.19. The molecule has 0 spiro atoms. The summed E-state index contributed by atoms with van der Waals surface area (Å²) in [6.45, 7) is 3.55. The highest BCUT2D eigenvalue weighted by molar-refractivity contribution is 5.42. The number of nitrogens with zero attached hydrogens (tertiary/aromatic N) is 3. The van der Waals surface area contributed by atoms with Crippen molar-refractivity contribution in [1.29, 1.82) is 0 Å². The first kappa shape index (κ1) is 8.50. The molecule has 13 heavy (non-hydrogen) atoms. The Bertz CT molecular complexity index is 281. The van der Waals surface area contributed by atoms with Gasteiger partial charge in [0.25, 0.3) is 5.95 Å². The van der Waals surface area contributed by atoms with E-state index >= 15 is 0 Å². The molecule has 2 heterocycles. The van der Waals surface area contributed by atoms with E-state index in [1.165, 1.54) is 6.26 Å². The van der Waals surface area contributed by atoms with E-state index in [0.717, 1.165) is 26.2 Å². The molecule has 0 radical (unpaired) electrons. The number of piperazine rings is 1. The molecule has 0 saturated carbocycles. The number of rotatable bonds is 1. The molecule has 0 aliphatic carbocycles. The number of aromatic nitrogens is 1. The van der Waals surface area contributed by atoms with Gasteiger partial charge < -0.3 is 14.3 Å². The molecule has 1 fully saturated rings. The predicted molar refractivity (Wildman–Crippen MR) is 46.2 cm³/mol. The second kappa shape index (κ2) is 3.33. The maximum Gasteiger partial charge on any atom is 0.276 e. The van der Waals surface area contributed by atoms with Crippen LogP contribution in [0.25, 0.3) is 0 Å². The van der Waals surface area contributed by atoms with Gasteiger partial charge in [-0.2, -0.15) is 4.39 Å². The molecule has 1 aromatic heterocycles. The third kappa shape index (κ3) is 1.65. The van der Waals surface area contributed by atoms with Crippen molar-refractivity contribution in [1.82, 2.24) is 10.1 Å². The van der Waals surface area contributed by atoms with Crippen molar-refractivity contribution in [3.05, 3.63) is 12.2 Å². The Kier molecular flexibility index (Phi) is 2.18. The average molecular weight is 185 g/mol. The molecule has 1 saturated heterocycles. The van der Waals surface area contributed by atoms with Gasteiger partial charge in [-0.3, -0.25) is 0 Å². The Balaban J connectivity index is 2.06. The van der Waals surface area contributed by atoms with E-state index in [2.05, 4.69) is 21.6 Å². The molecule has 1 aliphatic heterocycles. The SMILES string of the molecule is CN1CCN(c2conc2F)CC1. The number of halogens is 1. The molecule has 4 nitrogen and oxygen atoms in total. The van der Waals surface area contributed by atoms with Crippen molar-refractivity contribution < 1.29 is 8.91 Å². The van der Waals surface area contributed by atoms with Gasteiger partial charge in [0.1, 0.15) is 12.0 Å². The zero-order valence-corrected chi connectivity index (χ0v) is 7.53. The van der Waals surface area contributed by atoms with E-state index in [9.17, 15) is 4.39 Å². The summed E-state index contributed by atoms with van der Waals surface area (Å²) in [5.41, 5.74) is 0.480. The number of likely N-dealkylation sites (N-methyl/N-ethyl adjacent to an activating group) is 1. The van der Waals surface area contributed by atoms with Crippen LogP contribution in [0.15, 0.2) is 10.8 Å². The van der Waals surface area contributed by atoms with E-state index < -0.39 is 5.95 Å². The minimum atomic E-state index is -0.510. The van der Waals surface area contributed by atoms with Gasteiger partial charge in [0, 0.05) is 26.2 Å². The molecule has 1 aromatic rings.